The summed E-state index contributed by atoms with van der Waals surface area (Å²) in [7, 11) is -3.85. The number of halogens is 1. The van der Waals surface area contributed by atoms with Gasteiger partial charge in [0.05, 0.1) is 23.1 Å². The van der Waals surface area contributed by atoms with E-state index in [4.69, 9.17) is 0 Å². The minimum Gasteiger partial charge on any atom is -0.349 e. The van der Waals surface area contributed by atoms with Crippen LogP contribution in [-0.4, -0.2) is 48.7 Å². The van der Waals surface area contributed by atoms with Crippen molar-refractivity contribution in [1.82, 2.24) is 19.9 Å². The molecule has 0 unspecified atom stereocenters. The second-order valence-electron chi connectivity index (χ2n) is 8.57. The van der Waals surface area contributed by atoms with E-state index in [9.17, 15) is 22.4 Å². The van der Waals surface area contributed by atoms with Crippen molar-refractivity contribution in [2.24, 2.45) is 11.8 Å². The van der Waals surface area contributed by atoms with Gasteiger partial charge in [0.15, 0.2) is 0 Å². The minimum atomic E-state index is -3.85. The predicted octanol–water partition coefficient (Wildman–Crippen LogP) is 2.47. The van der Waals surface area contributed by atoms with Crippen LogP contribution in [0, 0.1) is 17.7 Å². The maximum Gasteiger partial charge on any atom is 0.243 e. The lowest BCUT2D eigenvalue weighted by Crippen LogP contribution is -2.53. The van der Waals surface area contributed by atoms with E-state index in [1.54, 1.807) is 18.3 Å². The van der Waals surface area contributed by atoms with Crippen molar-refractivity contribution in [3.63, 3.8) is 0 Å². The molecule has 2 amide bonds. The molecule has 1 aliphatic rings. The summed E-state index contributed by atoms with van der Waals surface area (Å²) in [6, 6.07) is 9.32. The number of piperidine rings is 1. The summed E-state index contributed by atoms with van der Waals surface area (Å²) >= 11 is 0. The van der Waals surface area contributed by atoms with E-state index in [2.05, 4.69) is 15.6 Å². The smallest absolute Gasteiger partial charge is 0.243 e. The van der Waals surface area contributed by atoms with E-state index >= 15 is 0 Å². The third-order valence-electron chi connectivity index (χ3n) is 6.17. The number of amides is 2. The second-order valence-corrected chi connectivity index (χ2v) is 10.5. The highest BCUT2D eigenvalue weighted by atomic mass is 32.2. The minimum absolute atomic E-state index is 0.00826. The van der Waals surface area contributed by atoms with Gasteiger partial charge in [-0.05, 0) is 55.2 Å². The van der Waals surface area contributed by atoms with E-state index in [-0.39, 0.29) is 42.3 Å². The molecule has 34 heavy (non-hydrogen) atoms. The van der Waals surface area contributed by atoms with E-state index in [1.807, 2.05) is 19.9 Å². The van der Waals surface area contributed by atoms with Gasteiger partial charge in [-0.2, -0.15) is 4.31 Å². The fourth-order valence-corrected chi connectivity index (χ4v) is 5.42. The first kappa shape index (κ1) is 25.8. The number of benzene rings is 1. The summed E-state index contributed by atoms with van der Waals surface area (Å²) in [4.78, 5) is 30.1. The topological polar surface area (TPSA) is 108 Å². The third kappa shape index (κ3) is 6.38. The summed E-state index contributed by atoms with van der Waals surface area (Å²) < 4.78 is 40.4. The summed E-state index contributed by atoms with van der Waals surface area (Å²) in [5.74, 6) is -1.88. The number of rotatable bonds is 9. The molecule has 0 aliphatic carbocycles. The molecule has 0 saturated carbocycles. The molecule has 2 heterocycles. The molecule has 184 valence electrons. The van der Waals surface area contributed by atoms with Crippen LogP contribution in [0.3, 0.4) is 0 Å². The molecular formula is C24H31FN4O4S. The molecule has 1 aliphatic heterocycles. The zero-order chi connectivity index (χ0) is 24.7. The Kier molecular flexibility index (Phi) is 8.73. The van der Waals surface area contributed by atoms with Gasteiger partial charge in [-0.1, -0.05) is 26.3 Å². The molecule has 1 saturated heterocycles. The lowest BCUT2D eigenvalue weighted by Gasteiger charge is -2.32. The molecule has 0 bridgehead atoms. The Hall–Kier alpha value is -2.85. The Bertz CT molecular complexity index is 1080. The third-order valence-corrected chi connectivity index (χ3v) is 8.05. The van der Waals surface area contributed by atoms with Crippen molar-refractivity contribution >= 4 is 21.8 Å². The van der Waals surface area contributed by atoms with E-state index in [0.29, 0.717) is 25.0 Å². The van der Waals surface area contributed by atoms with Crippen LogP contribution in [0.4, 0.5) is 4.39 Å². The van der Waals surface area contributed by atoms with Gasteiger partial charge in [-0.15, -0.1) is 0 Å². The maximum absolute atomic E-state index is 13.2. The lowest BCUT2D eigenvalue weighted by molar-refractivity contribution is -0.133. The molecule has 8 nitrogen and oxygen atoms in total. The molecule has 1 aromatic heterocycles. The van der Waals surface area contributed by atoms with Crippen LogP contribution in [-0.2, 0) is 26.2 Å². The SMILES string of the molecule is CC[C@H](C)[C@H](NC(=O)[C@@H]1CCCN(S(=O)(=O)c2ccc(F)cc2)C1)C(=O)NCc1ccccn1. The van der Waals surface area contributed by atoms with E-state index < -0.39 is 27.8 Å². The Morgan fingerprint density at radius 3 is 2.59 bits per heavy atom. The van der Waals surface area contributed by atoms with Crippen LogP contribution >= 0.6 is 0 Å². The summed E-state index contributed by atoms with van der Waals surface area (Å²) in [5, 5.41) is 5.68. The van der Waals surface area contributed by atoms with Gasteiger partial charge in [0.1, 0.15) is 11.9 Å². The first-order valence-electron chi connectivity index (χ1n) is 11.5. The van der Waals surface area contributed by atoms with Gasteiger partial charge in [0.25, 0.3) is 0 Å². The maximum atomic E-state index is 13.2. The number of sulfonamides is 1. The fourth-order valence-electron chi connectivity index (χ4n) is 3.89. The van der Waals surface area contributed by atoms with Gasteiger partial charge in [0, 0.05) is 19.3 Å². The highest BCUT2D eigenvalue weighted by molar-refractivity contribution is 7.89. The molecule has 1 aromatic carbocycles. The number of nitrogens with one attached hydrogen (secondary N) is 2. The van der Waals surface area contributed by atoms with Crippen LogP contribution in [0.25, 0.3) is 0 Å². The molecule has 2 N–H and O–H groups in total. The number of hydrogen-bond acceptors (Lipinski definition) is 5. The fraction of sp³-hybridized carbons (Fsp3) is 0.458. The van der Waals surface area contributed by atoms with Crippen molar-refractivity contribution in [3.05, 3.63) is 60.2 Å². The lowest BCUT2D eigenvalue weighted by atomic mass is 9.94. The number of pyridine rings is 1. The van der Waals surface area contributed by atoms with E-state index in [1.165, 1.54) is 16.4 Å². The number of carbonyl (C=O) groups excluding carboxylic acids is 2. The van der Waals surface area contributed by atoms with Gasteiger partial charge in [0.2, 0.25) is 21.8 Å². The molecule has 3 rings (SSSR count). The summed E-state index contributed by atoms with van der Waals surface area (Å²) in [6.45, 7) is 4.36. The van der Waals surface area contributed by atoms with Crippen molar-refractivity contribution < 1.29 is 22.4 Å². The first-order valence-corrected chi connectivity index (χ1v) is 12.9. The largest absolute Gasteiger partial charge is 0.349 e. The molecule has 2 aromatic rings. The zero-order valence-corrected chi connectivity index (χ0v) is 20.2. The Balaban J connectivity index is 1.66. The van der Waals surface area contributed by atoms with E-state index in [0.717, 1.165) is 12.1 Å². The van der Waals surface area contributed by atoms with Crippen LogP contribution in [0.5, 0.6) is 0 Å². The van der Waals surface area contributed by atoms with Gasteiger partial charge >= 0.3 is 0 Å². The normalized spacial score (nSPS) is 18.6. The Morgan fingerprint density at radius 1 is 1.21 bits per heavy atom. The molecular weight excluding hydrogens is 459 g/mol. The van der Waals surface area contributed by atoms with Crippen molar-refractivity contribution in [2.75, 3.05) is 13.1 Å². The monoisotopic (exact) mass is 490 g/mol. The molecule has 0 radical (unpaired) electrons. The average Bonchev–Trinajstić information content (AvgIpc) is 2.86. The first-order chi connectivity index (χ1) is 16.2. The second kappa shape index (κ2) is 11.5. The Labute approximate surface area is 200 Å². The van der Waals surface area contributed by atoms with Gasteiger partial charge in [-0.3, -0.25) is 14.6 Å². The predicted molar refractivity (Wildman–Crippen MR) is 125 cm³/mol. The number of hydrogen-bond donors (Lipinski definition) is 2. The quantitative estimate of drug-likeness (QED) is 0.561. The zero-order valence-electron chi connectivity index (χ0n) is 19.4. The molecule has 0 spiro atoms. The molecule has 3 atom stereocenters. The summed E-state index contributed by atoms with van der Waals surface area (Å²) in [6.07, 6.45) is 3.35. The standard InChI is InChI=1S/C24H31FN4O4S/c1-3-17(2)22(24(31)27-15-20-8-4-5-13-26-20)28-23(30)18-7-6-14-29(16-18)34(32,33)21-11-9-19(25)10-12-21/h4-5,8-13,17-18,22H,3,6-7,14-16H2,1-2H3,(H,27,31)(H,28,30)/t17-,18+,22-/m0/s1. The summed E-state index contributed by atoms with van der Waals surface area (Å²) in [5.41, 5.74) is 0.707. The van der Waals surface area contributed by atoms with Crippen LogP contribution < -0.4 is 10.6 Å². The number of nitrogens with zero attached hydrogens (tertiary/aromatic N) is 2. The highest BCUT2D eigenvalue weighted by Crippen LogP contribution is 2.24. The average molecular weight is 491 g/mol. The van der Waals surface area contributed by atoms with Crippen LogP contribution in [0.1, 0.15) is 38.8 Å². The van der Waals surface area contributed by atoms with Crippen LogP contribution in [0.15, 0.2) is 53.6 Å². The van der Waals surface area contributed by atoms with Crippen molar-refractivity contribution in [1.29, 1.82) is 0 Å². The van der Waals surface area contributed by atoms with Crippen LogP contribution in [0.2, 0.25) is 0 Å². The Morgan fingerprint density at radius 2 is 1.94 bits per heavy atom. The molecule has 1 fully saturated rings. The van der Waals surface area contributed by atoms with Gasteiger partial charge < -0.3 is 10.6 Å². The molecule has 10 heteroatoms. The highest BCUT2D eigenvalue weighted by Gasteiger charge is 2.35. The van der Waals surface area contributed by atoms with Crippen molar-refractivity contribution in [2.45, 2.75) is 50.6 Å². The number of aromatic nitrogens is 1. The number of carbonyl (C=O) groups is 2. The van der Waals surface area contributed by atoms with Gasteiger partial charge in [-0.25, -0.2) is 12.8 Å². The van der Waals surface area contributed by atoms with Crippen molar-refractivity contribution in [3.8, 4) is 0 Å².